The molecule has 4 nitrogen and oxygen atoms in total. The molecule has 1 aromatic heterocycles. The summed E-state index contributed by atoms with van der Waals surface area (Å²) in [6.45, 7) is 7.50. The Morgan fingerprint density at radius 1 is 1.56 bits per heavy atom. The maximum absolute atomic E-state index is 11.9. The second-order valence-corrected chi connectivity index (χ2v) is 6.34. The SMILES string of the molecule is Cc1nc(C2CCCN(C(=O)[C@@H](C)N)C2)sc1C. The molecule has 2 heterocycles. The van der Waals surface area contributed by atoms with E-state index in [1.807, 2.05) is 11.8 Å². The summed E-state index contributed by atoms with van der Waals surface area (Å²) in [6.07, 6.45) is 2.16. The van der Waals surface area contributed by atoms with Crippen LogP contribution in [0.1, 0.15) is 41.3 Å². The molecule has 0 spiro atoms. The van der Waals surface area contributed by atoms with E-state index in [1.54, 1.807) is 18.3 Å². The lowest BCUT2D eigenvalue weighted by atomic mass is 9.98. The zero-order valence-corrected chi connectivity index (χ0v) is 12.1. The molecule has 1 saturated heterocycles. The molecule has 0 radical (unpaired) electrons. The topological polar surface area (TPSA) is 59.2 Å². The van der Waals surface area contributed by atoms with Gasteiger partial charge >= 0.3 is 0 Å². The van der Waals surface area contributed by atoms with Crippen LogP contribution in [0.3, 0.4) is 0 Å². The third-order valence-corrected chi connectivity index (χ3v) is 4.75. The van der Waals surface area contributed by atoms with Gasteiger partial charge in [0.1, 0.15) is 0 Å². The zero-order valence-electron chi connectivity index (χ0n) is 11.3. The quantitative estimate of drug-likeness (QED) is 0.889. The van der Waals surface area contributed by atoms with Gasteiger partial charge in [0, 0.05) is 23.9 Å². The molecule has 2 rings (SSSR count). The van der Waals surface area contributed by atoms with Crippen LogP contribution in [0.4, 0.5) is 0 Å². The number of thiazole rings is 1. The number of piperidine rings is 1. The van der Waals surface area contributed by atoms with Crippen molar-refractivity contribution in [2.75, 3.05) is 13.1 Å². The molecule has 1 unspecified atom stereocenters. The van der Waals surface area contributed by atoms with E-state index in [0.29, 0.717) is 5.92 Å². The van der Waals surface area contributed by atoms with Crippen molar-refractivity contribution in [2.24, 2.45) is 5.73 Å². The number of amides is 1. The molecule has 2 atom stereocenters. The highest BCUT2D eigenvalue weighted by Gasteiger charge is 2.28. The van der Waals surface area contributed by atoms with E-state index in [0.717, 1.165) is 31.6 Å². The van der Waals surface area contributed by atoms with E-state index in [2.05, 4.69) is 11.9 Å². The van der Waals surface area contributed by atoms with Gasteiger partial charge in [-0.1, -0.05) is 0 Å². The maximum Gasteiger partial charge on any atom is 0.239 e. The average molecular weight is 267 g/mol. The second-order valence-electron chi connectivity index (χ2n) is 5.11. The average Bonchev–Trinajstić information content (AvgIpc) is 2.69. The van der Waals surface area contributed by atoms with Crippen molar-refractivity contribution >= 4 is 17.2 Å². The highest BCUT2D eigenvalue weighted by atomic mass is 32.1. The summed E-state index contributed by atoms with van der Waals surface area (Å²) in [5.41, 5.74) is 6.79. The van der Waals surface area contributed by atoms with Crippen LogP contribution in [-0.4, -0.2) is 34.9 Å². The molecule has 18 heavy (non-hydrogen) atoms. The number of aryl methyl sites for hydroxylation is 2. The Balaban J connectivity index is 2.09. The lowest BCUT2D eigenvalue weighted by Gasteiger charge is -2.32. The third kappa shape index (κ3) is 2.72. The van der Waals surface area contributed by atoms with Gasteiger partial charge in [-0.05, 0) is 33.6 Å². The molecule has 0 aromatic carbocycles. The Bertz CT molecular complexity index is 422. The number of rotatable bonds is 2. The molecular weight excluding hydrogens is 246 g/mol. The van der Waals surface area contributed by atoms with Crippen LogP contribution in [0.5, 0.6) is 0 Å². The van der Waals surface area contributed by atoms with Crippen molar-refractivity contribution in [3.8, 4) is 0 Å². The number of carbonyl (C=O) groups is 1. The molecule has 5 heteroatoms. The second kappa shape index (κ2) is 5.36. The van der Waals surface area contributed by atoms with E-state index in [9.17, 15) is 4.79 Å². The number of hydrogen-bond donors (Lipinski definition) is 1. The lowest BCUT2D eigenvalue weighted by Crippen LogP contribution is -2.46. The van der Waals surface area contributed by atoms with Gasteiger partial charge in [0.2, 0.25) is 5.91 Å². The number of carbonyl (C=O) groups excluding carboxylic acids is 1. The summed E-state index contributed by atoms with van der Waals surface area (Å²) < 4.78 is 0. The van der Waals surface area contributed by atoms with Crippen LogP contribution in [0, 0.1) is 13.8 Å². The van der Waals surface area contributed by atoms with Crippen LogP contribution in [0.15, 0.2) is 0 Å². The first-order chi connectivity index (χ1) is 8.49. The predicted octanol–water partition coefficient (Wildman–Crippen LogP) is 1.81. The Kier molecular flexibility index (Phi) is 4.02. The smallest absolute Gasteiger partial charge is 0.239 e. The van der Waals surface area contributed by atoms with E-state index >= 15 is 0 Å². The standard InChI is InChI=1S/C13H21N3OS/c1-8(14)13(17)16-6-4-5-11(7-16)12-15-9(2)10(3)18-12/h8,11H,4-7,14H2,1-3H3/t8-,11?/m1/s1. The van der Waals surface area contributed by atoms with Gasteiger partial charge in [-0.25, -0.2) is 4.98 Å². The van der Waals surface area contributed by atoms with Crippen LogP contribution >= 0.6 is 11.3 Å². The fourth-order valence-corrected chi connectivity index (χ4v) is 3.39. The largest absolute Gasteiger partial charge is 0.341 e. The number of nitrogens with two attached hydrogens (primary N) is 1. The lowest BCUT2D eigenvalue weighted by molar-refractivity contribution is -0.133. The minimum atomic E-state index is -0.400. The summed E-state index contributed by atoms with van der Waals surface area (Å²) in [5.74, 6) is 0.448. The Morgan fingerprint density at radius 2 is 2.28 bits per heavy atom. The molecule has 1 fully saturated rings. The van der Waals surface area contributed by atoms with E-state index < -0.39 is 6.04 Å². The molecule has 1 aliphatic rings. The first-order valence-electron chi connectivity index (χ1n) is 6.47. The summed E-state index contributed by atoms with van der Waals surface area (Å²) in [4.78, 5) is 19.7. The normalized spacial score (nSPS) is 22.0. The summed E-state index contributed by atoms with van der Waals surface area (Å²) in [7, 11) is 0. The molecule has 1 aliphatic heterocycles. The zero-order chi connectivity index (χ0) is 13.3. The van der Waals surface area contributed by atoms with E-state index in [-0.39, 0.29) is 5.91 Å². The Hall–Kier alpha value is -0.940. The van der Waals surface area contributed by atoms with E-state index in [1.165, 1.54) is 9.88 Å². The summed E-state index contributed by atoms with van der Waals surface area (Å²) in [5, 5.41) is 1.17. The predicted molar refractivity (Wildman–Crippen MR) is 73.8 cm³/mol. The molecular formula is C13H21N3OS. The van der Waals surface area contributed by atoms with Gasteiger partial charge < -0.3 is 10.6 Å². The van der Waals surface area contributed by atoms with Gasteiger partial charge in [0.15, 0.2) is 0 Å². The monoisotopic (exact) mass is 267 g/mol. The van der Waals surface area contributed by atoms with Gasteiger partial charge in [0.25, 0.3) is 0 Å². The number of nitrogens with zero attached hydrogens (tertiary/aromatic N) is 2. The number of aromatic nitrogens is 1. The van der Waals surface area contributed by atoms with Crippen molar-refractivity contribution in [3.05, 3.63) is 15.6 Å². The van der Waals surface area contributed by atoms with Gasteiger partial charge in [-0.3, -0.25) is 4.79 Å². The molecule has 1 aromatic rings. The molecule has 1 amide bonds. The summed E-state index contributed by atoms with van der Waals surface area (Å²) >= 11 is 1.76. The van der Waals surface area contributed by atoms with Crippen molar-refractivity contribution in [3.63, 3.8) is 0 Å². The van der Waals surface area contributed by atoms with Crippen molar-refractivity contribution in [1.29, 1.82) is 0 Å². The van der Waals surface area contributed by atoms with Crippen molar-refractivity contribution in [1.82, 2.24) is 9.88 Å². The number of hydrogen-bond acceptors (Lipinski definition) is 4. The van der Waals surface area contributed by atoms with Crippen LogP contribution < -0.4 is 5.73 Å². The molecule has 0 saturated carbocycles. The minimum Gasteiger partial charge on any atom is -0.341 e. The van der Waals surface area contributed by atoms with E-state index in [4.69, 9.17) is 5.73 Å². The van der Waals surface area contributed by atoms with Gasteiger partial charge in [0.05, 0.1) is 16.7 Å². The fourth-order valence-electron chi connectivity index (χ4n) is 2.34. The molecule has 0 aliphatic carbocycles. The highest BCUT2D eigenvalue weighted by molar-refractivity contribution is 7.11. The third-order valence-electron chi connectivity index (χ3n) is 3.52. The molecule has 100 valence electrons. The van der Waals surface area contributed by atoms with Crippen molar-refractivity contribution in [2.45, 2.75) is 45.6 Å². The first kappa shape index (κ1) is 13.5. The van der Waals surface area contributed by atoms with Crippen LogP contribution in [-0.2, 0) is 4.79 Å². The maximum atomic E-state index is 11.9. The first-order valence-corrected chi connectivity index (χ1v) is 7.29. The van der Waals surface area contributed by atoms with Crippen LogP contribution in [0.2, 0.25) is 0 Å². The molecule has 2 N–H and O–H groups in total. The minimum absolute atomic E-state index is 0.0599. The fraction of sp³-hybridized carbons (Fsp3) is 0.692. The summed E-state index contributed by atoms with van der Waals surface area (Å²) in [6, 6.07) is -0.400. The van der Waals surface area contributed by atoms with Gasteiger partial charge in [-0.15, -0.1) is 11.3 Å². The Labute approximate surface area is 112 Å². The highest BCUT2D eigenvalue weighted by Crippen LogP contribution is 2.31. The number of likely N-dealkylation sites (tertiary alicyclic amines) is 1. The van der Waals surface area contributed by atoms with Gasteiger partial charge in [-0.2, -0.15) is 0 Å². The van der Waals surface area contributed by atoms with Crippen LogP contribution in [0.25, 0.3) is 0 Å². The van der Waals surface area contributed by atoms with Crippen molar-refractivity contribution < 1.29 is 4.79 Å². The molecule has 0 bridgehead atoms. The Morgan fingerprint density at radius 3 is 2.83 bits per heavy atom.